The van der Waals surface area contributed by atoms with E-state index in [9.17, 15) is 4.79 Å². The van der Waals surface area contributed by atoms with Gasteiger partial charge in [-0.3, -0.25) is 4.79 Å². The molecule has 0 spiro atoms. The third-order valence-corrected chi connectivity index (χ3v) is 4.90. The monoisotopic (exact) mass is 358 g/mol. The number of para-hydroxylation sites is 2. The van der Waals surface area contributed by atoms with E-state index < -0.39 is 0 Å². The summed E-state index contributed by atoms with van der Waals surface area (Å²) in [5.74, 6) is 1.12. The minimum absolute atomic E-state index is 0.226. The van der Waals surface area contributed by atoms with Gasteiger partial charge in [0.2, 0.25) is 0 Å². The predicted molar refractivity (Wildman–Crippen MR) is 108 cm³/mol. The molecule has 2 aromatic carbocycles. The molecule has 27 heavy (non-hydrogen) atoms. The van der Waals surface area contributed by atoms with Crippen LogP contribution >= 0.6 is 0 Å². The summed E-state index contributed by atoms with van der Waals surface area (Å²) in [6.45, 7) is 5.96. The van der Waals surface area contributed by atoms with Crippen LogP contribution in [0, 0.1) is 13.8 Å². The highest BCUT2D eigenvalue weighted by Crippen LogP contribution is 2.37. The summed E-state index contributed by atoms with van der Waals surface area (Å²) in [6.07, 6.45) is 0.962. The van der Waals surface area contributed by atoms with Crippen molar-refractivity contribution < 1.29 is 4.79 Å². The van der Waals surface area contributed by atoms with Gasteiger partial charge in [0, 0.05) is 23.5 Å². The molecule has 1 aliphatic heterocycles. The molecule has 0 saturated carbocycles. The minimum Gasteiger partial charge on any atom is -0.323 e. The quantitative estimate of drug-likeness (QED) is 0.752. The molecule has 0 bridgehead atoms. The Kier molecular flexibility index (Phi) is 4.36. The average molecular weight is 358 g/mol. The number of hydrogen-bond acceptors (Lipinski definition) is 4. The van der Waals surface area contributed by atoms with Crippen molar-refractivity contribution in [1.29, 1.82) is 0 Å². The molecule has 3 aromatic rings. The topological polar surface area (TPSA) is 58.1 Å². The van der Waals surface area contributed by atoms with E-state index in [1.54, 1.807) is 6.07 Å². The van der Waals surface area contributed by atoms with E-state index >= 15 is 0 Å². The van der Waals surface area contributed by atoms with Crippen molar-refractivity contribution in [3.63, 3.8) is 0 Å². The number of aryl methyl sites for hydroxylation is 2. The number of nitrogens with one attached hydrogen (secondary N) is 1. The van der Waals surface area contributed by atoms with Gasteiger partial charge in [0.15, 0.2) is 0 Å². The van der Waals surface area contributed by atoms with Gasteiger partial charge in [-0.25, -0.2) is 9.97 Å². The Bertz CT molecular complexity index is 1010. The minimum atomic E-state index is -0.226. The van der Waals surface area contributed by atoms with Gasteiger partial charge in [-0.15, -0.1) is 0 Å². The van der Waals surface area contributed by atoms with Crippen LogP contribution in [-0.4, -0.2) is 21.9 Å². The van der Waals surface area contributed by atoms with Crippen LogP contribution < -0.4 is 10.2 Å². The highest BCUT2D eigenvalue weighted by Gasteiger charge is 2.28. The molecule has 1 aromatic heterocycles. The summed E-state index contributed by atoms with van der Waals surface area (Å²) in [5.41, 5.74) is 4.62. The third kappa shape index (κ3) is 3.28. The summed E-state index contributed by atoms with van der Waals surface area (Å²) in [5, 5.41) is 2.95. The summed E-state index contributed by atoms with van der Waals surface area (Å²) in [6, 6.07) is 18.1. The maximum absolute atomic E-state index is 12.8. The van der Waals surface area contributed by atoms with Crippen molar-refractivity contribution in [2.75, 3.05) is 10.2 Å². The lowest BCUT2D eigenvalue weighted by Gasteiger charge is -2.24. The molecule has 1 aliphatic rings. The van der Waals surface area contributed by atoms with Crippen molar-refractivity contribution in [1.82, 2.24) is 9.97 Å². The standard InChI is InChI=1S/C22H22N4O/c1-14-8-4-6-10-18(14)25-22(27)19-13-21(24-16(3)23-19)26-15(2)12-17-9-5-7-11-20(17)26/h4-11,13,15H,12H2,1-3H3,(H,25,27). The zero-order valence-corrected chi connectivity index (χ0v) is 15.7. The first-order valence-corrected chi connectivity index (χ1v) is 9.13. The highest BCUT2D eigenvalue weighted by molar-refractivity contribution is 6.03. The number of aromatic nitrogens is 2. The van der Waals surface area contributed by atoms with Crippen LogP contribution in [0.15, 0.2) is 54.6 Å². The number of anilines is 3. The molecule has 2 heterocycles. The van der Waals surface area contributed by atoms with Crippen molar-refractivity contribution in [3.05, 3.63) is 77.2 Å². The zero-order chi connectivity index (χ0) is 19.0. The number of fused-ring (bicyclic) bond motifs is 1. The van der Waals surface area contributed by atoms with Crippen molar-refractivity contribution >= 4 is 23.1 Å². The van der Waals surface area contributed by atoms with Gasteiger partial charge in [0.05, 0.1) is 0 Å². The van der Waals surface area contributed by atoms with Crippen LogP contribution in [0.2, 0.25) is 0 Å². The fourth-order valence-electron chi connectivity index (χ4n) is 3.61. The second-order valence-corrected chi connectivity index (χ2v) is 6.98. The Balaban J connectivity index is 1.68. The zero-order valence-electron chi connectivity index (χ0n) is 15.7. The van der Waals surface area contributed by atoms with E-state index in [0.717, 1.165) is 29.2 Å². The van der Waals surface area contributed by atoms with E-state index in [4.69, 9.17) is 0 Å². The Morgan fingerprint density at radius 3 is 2.63 bits per heavy atom. The molecular formula is C22H22N4O. The normalized spacial score (nSPS) is 15.5. The Hall–Kier alpha value is -3.21. The average Bonchev–Trinajstić information content (AvgIpc) is 2.98. The summed E-state index contributed by atoms with van der Waals surface area (Å²) in [7, 11) is 0. The molecule has 0 saturated heterocycles. The first-order valence-electron chi connectivity index (χ1n) is 9.13. The second kappa shape index (κ2) is 6.83. The van der Waals surface area contributed by atoms with Crippen LogP contribution in [0.3, 0.4) is 0 Å². The lowest BCUT2D eigenvalue weighted by molar-refractivity contribution is 0.102. The maximum Gasteiger partial charge on any atom is 0.274 e. The lowest BCUT2D eigenvalue weighted by atomic mass is 10.1. The summed E-state index contributed by atoms with van der Waals surface area (Å²) < 4.78 is 0. The molecule has 0 aliphatic carbocycles. The molecular weight excluding hydrogens is 336 g/mol. The number of carbonyl (C=O) groups excluding carboxylic acids is 1. The van der Waals surface area contributed by atoms with Gasteiger partial charge in [0.1, 0.15) is 17.3 Å². The van der Waals surface area contributed by atoms with Gasteiger partial charge in [-0.1, -0.05) is 36.4 Å². The highest BCUT2D eigenvalue weighted by atomic mass is 16.1. The number of nitrogens with zero attached hydrogens (tertiary/aromatic N) is 3. The van der Waals surface area contributed by atoms with E-state index in [-0.39, 0.29) is 11.9 Å². The molecule has 1 atom stereocenters. The molecule has 0 fully saturated rings. The molecule has 1 unspecified atom stereocenters. The lowest BCUT2D eigenvalue weighted by Crippen LogP contribution is -2.26. The van der Waals surface area contributed by atoms with Gasteiger partial charge in [0.25, 0.3) is 5.91 Å². The Morgan fingerprint density at radius 1 is 1.07 bits per heavy atom. The van der Waals surface area contributed by atoms with Gasteiger partial charge >= 0.3 is 0 Å². The molecule has 5 heteroatoms. The van der Waals surface area contributed by atoms with Crippen LogP contribution in [-0.2, 0) is 6.42 Å². The Labute approximate surface area is 159 Å². The number of carbonyl (C=O) groups is 1. The number of hydrogen-bond donors (Lipinski definition) is 1. The summed E-state index contributed by atoms with van der Waals surface area (Å²) >= 11 is 0. The van der Waals surface area contributed by atoms with Crippen molar-refractivity contribution in [3.8, 4) is 0 Å². The smallest absolute Gasteiger partial charge is 0.274 e. The van der Waals surface area contributed by atoms with E-state index in [1.165, 1.54) is 5.56 Å². The first-order chi connectivity index (χ1) is 13.0. The molecule has 0 radical (unpaired) electrons. The number of rotatable bonds is 3. The molecule has 4 rings (SSSR count). The van der Waals surface area contributed by atoms with Gasteiger partial charge in [-0.2, -0.15) is 0 Å². The van der Waals surface area contributed by atoms with E-state index in [0.29, 0.717) is 11.5 Å². The van der Waals surface area contributed by atoms with Crippen LogP contribution in [0.4, 0.5) is 17.2 Å². The SMILES string of the molecule is Cc1nc(C(=O)Nc2ccccc2C)cc(N2c3ccccc3CC2C)n1. The van der Waals surface area contributed by atoms with Crippen LogP contribution in [0.25, 0.3) is 0 Å². The van der Waals surface area contributed by atoms with Gasteiger partial charge in [-0.05, 0) is 50.5 Å². The van der Waals surface area contributed by atoms with Crippen molar-refractivity contribution in [2.45, 2.75) is 33.2 Å². The number of benzene rings is 2. The first kappa shape index (κ1) is 17.2. The predicted octanol–water partition coefficient (Wildman–Crippen LogP) is 4.43. The van der Waals surface area contributed by atoms with Gasteiger partial charge < -0.3 is 10.2 Å². The molecule has 1 amide bonds. The van der Waals surface area contributed by atoms with E-state index in [1.807, 2.05) is 44.2 Å². The largest absolute Gasteiger partial charge is 0.323 e. The van der Waals surface area contributed by atoms with E-state index in [2.05, 4.69) is 45.3 Å². The van der Waals surface area contributed by atoms with Crippen LogP contribution in [0.1, 0.15) is 34.4 Å². The maximum atomic E-state index is 12.8. The number of amides is 1. The summed E-state index contributed by atoms with van der Waals surface area (Å²) in [4.78, 5) is 24.0. The van der Waals surface area contributed by atoms with Crippen molar-refractivity contribution in [2.24, 2.45) is 0 Å². The fraction of sp³-hybridized carbons (Fsp3) is 0.227. The Morgan fingerprint density at radius 2 is 1.81 bits per heavy atom. The second-order valence-electron chi connectivity index (χ2n) is 6.98. The molecule has 1 N–H and O–H groups in total. The molecule has 5 nitrogen and oxygen atoms in total. The van der Waals surface area contributed by atoms with Crippen LogP contribution in [0.5, 0.6) is 0 Å². The third-order valence-electron chi connectivity index (χ3n) is 4.90. The fourth-order valence-corrected chi connectivity index (χ4v) is 3.61. The molecule has 136 valence electrons.